The molecule has 25 heavy (non-hydrogen) atoms. The first-order chi connectivity index (χ1) is 12.2. The normalized spacial score (nSPS) is 16.5. The van der Waals surface area contributed by atoms with E-state index >= 15 is 0 Å². The average molecular weight is 337 g/mol. The van der Waals surface area contributed by atoms with Crippen LogP contribution in [0.4, 0.5) is 11.5 Å². The SMILES string of the molecule is C=C(C(=O)OCC)c1ccc(N[C@@H]2CCN(c3ccccc3)C2)nc1. The van der Waals surface area contributed by atoms with Crippen LogP contribution in [0.3, 0.4) is 0 Å². The molecule has 0 aliphatic carbocycles. The van der Waals surface area contributed by atoms with Crippen LogP contribution >= 0.6 is 0 Å². The first-order valence-electron chi connectivity index (χ1n) is 8.56. The molecule has 1 saturated heterocycles. The zero-order chi connectivity index (χ0) is 17.6. The maximum atomic E-state index is 11.7. The van der Waals surface area contributed by atoms with Crippen LogP contribution in [0.2, 0.25) is 0 Å². The van der Waals surface area contributed by atoms with Crippen molar-refractivity contribution in [1.29, 1.82) is 0 Å². The third-order valence-corrected chi connectivity index (χ3v) is 4.30. The molecular formula is C20H23N3O2. The highest BCUT2D eigenvalue weighted by atomic mass is 16.5. The van der Waals surface area contributed by atoms with E-state index < -0.39 is 5.97 Å². The Kier molecular flexibility index (Phi) is 5.33. The number of ether oxygens (including phenoxy) is 1. The van der Waals surface area contributed by atoms with Crippen LogP contribution in [-0.2, 0) is 9.53 Å². The second-order valence-electron chi connectivity index (χ2n) is 6.04. The summed E-state index contributed by atoms with van der Waals surface area (Å²) in [7, 11) is 0. The van der Waals surface area contributed by atoms with Gasteiger partial charge in [0.15, 0.2) is 0 Å². The molecule has 0 bridgehead atoms. The van der Waals surface area contributed by atoms with Gasteiger partial charge >= 0.3 is 5.97 Å². The van der Waals surface area contributed by atoms with Crippen LogP contribution in [0.1, 0.15) is 18.9 Å². The lowest BCUT2D eigenvalue weighted by Crippen LogP contribution is -2.26. The van der Waals surface area contributed by atoms with E-state index in [4.69, 9.17) is 4.74 Å². The van der Waals surface area contributed by atoms with Crippen LogP contribution < -0.4 is 10.2 Å². The van der Waals surface area contributed by atoms with Gasteiger partial charge < -0.3 is 15.0 Å². The largest absolute Gasteiger partial charge is 0.462 e. The fourth-order valence-electron chi connectivity index (χ4n) is 2.95. The van der Waals surface area contributed by atoms with Crippen LogP contribution in [0.25, 0.3) is 5.57 Å². The number of carbonyl (C=O) groups is 1. The summed E-state index contributed by atoms with van der Waals surface area (Å²) in [6.07, 6.45) is 2.72. The Hall–Kier alpha value is -2.82. The van der Waals surface area contributed by atoms with E-state index in [0.29, 0.717) is 23.8 Å². The molecule has 1 atom stereocenters. The third kappa shape index (κ3) is 4.18. The van der Waals surface area contributed by atoms with E-state index in [2.05, 4.69) is 46.0 Å². The highest BCUT2D eigenvalue weighted by Crippen LogP contribution is 2.22. The van der Waals surface area contributed by atoms with E-state index in [9.17, 15) is 4.79 Å². The Morgan fingerprint density at radius 3 is 2.80 bits per heavy atom. The fourth-order valence-corrected chi connectivity index (χ4v) is 2.95. The van der Waals surface area contributed by atoms with Crippen molar-refractivity contribution in [2.75, 3.05) is 29.9 Å². The van der Waals surface area contributed by atoms with Crippen LogP contribution in [0, 0.1) is 0 Å². The maximum absolute atomic E-state index is 11.7. The molecule has 1 fully saturated rings. The lowest BCUT2D eigenvalue weighted by atomic mass is 10.1. The quantitative estimate of drug-likeness (QED) is 0.647. The Labute approximate surface area is 148 Å². The van der Waals surface area contributed by atoms with Gasteiger partial charge in [0.05, 0.1) is 12.2 Å². The highest BCUT2D eigenvalue weighted by molar-refractivity contribution is 6.15. The lowest BCUT2D eigenvalue weighted by molar-refractivity contribution is -0.136. The third-order valence-electron chi connectivity index (χ3n) is 4.30. The van der Waals surface area contributed by atoms with Gasteiger partial charge in [0.2, 0.25) is 0 Å². The van der Waals surface area contributed by atoms with Gasteiger partial charge in [-0.2, -0.15) is 0 Å². The van der Waals surface area contributed by atoms with Crippen molar-refractivity contribution in [2.45, 2.75) is 19.4 Å². The fraction of sp³-hybridized carbons (Fsp3) is 0.300. The number of para-hydroxylation sites is 1. The Bertz CT molecular complexity index is 728. The number of aromatic nitrogens is 1. The summed E-state index contributed by atoms with van der Waals surface area (Å²) in [5.74, 6) is 0.402. The number of pyridine rings is 1. The maximum Gasteiger partial charge on any atom is 0.338 e. The number of nitrogens with zero attached hydrogens (tertiary/aromatic N) is 2. The van der Waals surface area contributed by atoms with Gasteiger partial charge in [-0.1, -0.05) is 24.8 Å². The second kappa shape index (κ2) is 7.83. The van der Waals surface area contributed by atoms with Crippen LogP contribution in [-0.4, -0.2) is 36.7 Å². The molecule has 1 aliphatic rings. The van der Waals surface area contributed by atoms with Crippen molar-refractivity contribution in [2.24, 2.45) is 0 Å². The molecule has 130 valence electrons. The van der Waals surface area contributed by atoms with Crippen molar-refractivity contribution in [3.8, 4) is 0 Å². The standard InChI is InChI=1S/C20H23N3O2/c1-3-25-20(24)15(2)16-9-10-19(21-13-16)22-17-11-12-23(14-17)18-7-5-4-6-8-18/h4-10,13,17H,2-3,11-12,14H2,1H3,(H,21,22)/t17-/m1/s1. The molecule has 0 unspecified atom stereocenters. The molecule has 0 saturated carbocycles. The van der Waals surface area contributed by atoms with E-state index in [1.54, 1.807) is 13.1 Å². The number of hydrogen-bond donors (Lipinski definition) is 1. The molecule has 0 radical (unpaired) electrons. The lowest BCUT2D eigenvalue weighted by Gasteiger charge is -2.19. The monoisotopic (exact) mass is 337 g/mol. The minimum absolute atomic E-state index is 0.331. The van der Waals surface area contributed by atoms with E-state index in [-0.39, 0.29) is 0 Å². The van der Waals surface area contributed by atoms with Crippen molar-refractivity contribution in [3.63, 3.8) is 0 Å². The number of benzene rings is 1. The second-order valence-corrected chi connectivity index (χ2v) is 6.04. The van der Waals surface area contributed by atoms with Crippen molar-refractivity contribution < 1.29 is 9.53 Å². The highest BCUT2D eigenvalue weighted by Gasteiger charge is 2.22. The molecule has 2 aromatic rings. The minimum Gasteiger partial charge on any atom is -0.462 e. The van der Waals surface area contributed by atoms with Gasteiger partial charge in [0.1, 0.15) is 5.82 Å². The summed E-state index contributed by atoms with van der Waals surface area (Å²) in [6.45, 7) is 7.87. The molecule has 5 nitrogen and oxygen atoms in total. The number of rotatable bonds is 6. The number of hydrogen-bond acceptors (Lipinski definition) is 5. The van der Waals surface area contributed by atoms with E-state index in [1.165, 1.54) is 5.69 Å². The van der Waals surface area contributed by atoms with Gasteiger partial charge in [0, 0.05) is 36.6 Å². The average Bonchev–Trinajstić information content (AvgIpc) is 3.11. The van der Waals surface area contributed by atoms with Gasteiger partial charge in [-0.3, -0.25) is 0 Å². The van der Waals surface area contributed by atoms with Gasteiger partial charge in [-0.15, -0.1) is 0 Å². The molecule has 1 aromatic heterocycles. The van der Waals surface area contributed by atoms with Gasteiger partial charge in [0.25, 0.3) is 0 Å². The summed E-state index contributed by atoms with van der Waals surface area (Å²) >= 11 is 0. The van der Waals surface area contributed by atoms with Crippen molar-refractivity contribution in [3.05, 3.63) is 60.8 Å². The summed E-state index contributed by atoms with van der Waals surface area (Å²) in [5, 5.41) is 3.46. The summed E-state index contributed by atoms with van der Waals surface area (Å²) in [4.78, 5) is 18.5. The summed E-state index contributed by atoms with van der Waals surface area (Å²) < 4.78 is 4.96. The minimum atomic E-state index is -0.403. The Balaban J connectivity index is 1.57. The predicted molar refractivity (Wildman–Crippen MR) is 101 cm³/mol. The molecule has 0 amide bonds. The van der Waals surface area contributed by atoms with E-state index in [1.807, 2.05) is 18.2 Å². The van der Waals surface area contributed by atoms with Crippen LogP contribution in [0.15, 0.2) is 55.2 Å². The molecule has 5 heteroatoms. The molecule has 2 heterocycles. The molecular weight excluding hydrogens is 314 g/mol. The molecule has 1 N–H and O–H groups in total. The number of nitrogens with one attached hydrogen (secondary N) is 1. The zero-order valence-corrected chi connectivity index (χ0v) is 14.4. The predicted octanol–water partition coefficient (Wildman–Crippen LogP) is 3.35. The number of esters is 1. The molecule has 3 rings (SSSR count). The first-order valence-corrected chi connectivity index (χ1v) is 8.56. The molecule has 0 spiro atoms. The molecule has 1 aliphatic heterocycles. The van der Waals surface area contributed by atoms with Gasteiger partial charge in [-0.25, -0.2) is 9.78 Å². The Morgan fingerprint density at radius 2 is 2.12 bits per heavy atom. The number of carbonyl (C=O) groups excluding carboxylic acids is 1. The molecule has 1 aromatic carbocycles. The summed E-state index contributed by atoms with van der Waals surface area (Å²) in [6, 6.07) is 14.5. The van der Waals surface area contributed by atoms with Gasteiger partial charge in [-0.05, 0) is 37.6 Å². The van der Waals surface area contributed by atoms with Crippen molar-refractivity contribution >= 4 is 23.0 Å². The topological polar surface area (TPSA) is 54.5 Å². The smallest absolute Gasteiger partial charge is 0.338 e. The Morgan fingerprint density at radius 1 is 1.32 bits per heavy atom. The first kappa shape index (κ1) is 17.0. The number of anilines is 2. The van der Waals surface area contributed by atoms with Crippen LogP contribution in [0.5, 0.6) is 0 Å². The summed E-state index contributed by atoms with van der Waals surface area (Å²) in [5.41, 5.74) is 2.26. The van der Waals surface area contributed by atoms with Crippen molar-refractivity contribution in [1.82, 2.24) is 4.98 Å². The zero-order valence-electron chi connectivity index (χ0n) is 14.4. The van der Waals surface area contributed by atoms with E-state index in [0.717, 1.165) is 25.3 Å².